The Morgan fingerprint density at radius 3 is 2.32 bits per heavy atom. The van der Waals surface area contributed by atoms with Gasteiger partial charge < -0.3 is 15.3 Å². The molecule has 4 rings (SSSR count). The van der Waals surface area contributed by atoms with Crippen molar-refractivity contribution in [2.75, 3.05) is 6.61 Å². The van der Waals surface area contributed by atoms with Crippen LogP contribution in [0.15, 0.2) is 93.9 Å². The van der Waals surface area contributed by atoms with Gasteiger partial charge in [0.25, 0.3) is 5.91 Å². The number of aliphatic imine (C=N–C) groups is 1. The summed E-state index contributed by atoms with van der Waals surface area (Å²) in [6, 6.07) is 24.6. The first-order valence-corrected chi connectivity index (χ1v) is 11.3. The van der Waals surface area contributed by atoms with E-state index in [1.807, 2.05) is 48.5 Å². The van der Waals surface area contributed by atoms with Gasteiger partial charge in [0.1, 0.15) is 0 Å². The number of nitrogens with one attached hydrogen (secondary N) is 1. The monoisotopic (exact) mass is 471 g/mol. The molecule has 1 aliphatic heterocycles. The second kappa shape index (κ2) is 10.6. The molecule has 0 aromatic heterocycles. The molecule has 1 aliphatic rings. The highest BCUT2D eigenvalue weighted by Crippen LogP contribution is 2.29. The van der Waals surface area contributed by atoms with E-state index in [2.05, 4.69) is 27.6 Å². The number of esters is 1. The van der Waals surface area contributed by atoms with Crippen molar-refractivity contribution in [1.82, 2.24) is 5.32 Å². The summed E-state index contributed by atoms with van der Waals surface area (Å²) in [4.78, 5) is 29.3. The molecule has 7 nitrogen and oxygen atoms in total. The Balaban J connectivity index is 1.46. The van der Waals surface area contributed by atoms with Crippen LogP contribution in [-0.2, 0) is 14.3 Å². The molecule has 1 fully saturated rings. The van der Waals surface area contributed by atoms with E-state index < -0.39 is 5.97 Å². The summed E-state index contributed by atoms with van der Waals surface area (Å²) in [5.41, 5.74) is 3.93. The number of nitrogens with zero attached hydrogens (tertiary/aromatic N) is 2. The fourth-order valence-electron chi connectivity index (χ4n) is 3.26. The summed E-state index contributed by atoms with van der Waals surface area (Å²) in [5.74, 6) is -0.932. The maximum atomic E-state index is 12.4. The second-order valence-electron chi connectivity index (χ2n) is 7.19. The molecule has 0 unspecified atom stereocenters. The number of amidine groups is 1. The first kappa shape index (κ1) is 23.0. The highest BCUT2D eigenvalue weighted by atomic mass is 32.2. The third-order valence-corrected chi connectivity index (χ3v) is 5.82. The first-order chi connectivity index (χ1) is 16.6. The Bertz CT molecular complexity index is 1280. The summed E-state index contributed by atoms with van der Waals surface area (Å²) < 4.78 is 4.87. The standard InChI is InChI=1S/C26H21N3O4S/c1-2-33-25(31)23(29-32)20-12-14-21(15-13-20)27-26-28-24(30)22(34-26)16-17-8-10-19(11-9-17)18-6-4-3-5-7-18/h3-16,32H,2H2,1H3,(H,27,28,30)/b22-16+,29-23-. The number of thioether (sulfide) groups is 1. The van der Waals surface area contributed by atoms with E-state index in [-0.39, 0.29) is 18.2 Å². The Morgan fingerprint density at radius 2 is 1.68 bits per heavy atom. The molecular weight excluding hydrogens is 450 g/mol. The van der Waals surface area contributed by atoms with Gasteiger partial charge in [-0.15, -0.1) is 0 Å². The lowest BCUT2D eigenvalue weighted by Gasteiger charge is -2.04. The number of benzene rings is 3. The number of rotatable bonds is 6. The lowest BCUT2D eigenvalue weighted by atomic mass is 10.0. The van der Waals surface area contributed by atoms with E-state index >= 15 is 0 Å². The van der Waals surface area contributed by atoms with E-state index in [0.29, 0.717) is 21.3 Å². The minimum atomic E-state index is -0.714. The van der Waals surface area contributed by atoms with E-state index in [9.17, 15) is 9.59 Å². The third-order valence-electron chi connectivity index (χ3n) is 4.91. The summed E-state index contributed by atoms with van der Waals surface area (Å²) in [6.07, 6.45) is 1.82. The molecule has 0 aliphatic carbocycles. The Labute approximate surface area is 200 Å². The fourth-order valence-corrected chi connectivity index (χ4v) is 4.10. The van der Waals surface area contributed by atoms with Crippen LogP contribution in [0.5, 0.6) is 0 Å². The molecule has 0 bridgehead atoms. The zero-order valence-corrected chi connectivity index (χ0v) is 19.1. The van der Waals surface area contributed by atoms with Crippen LogP contribution in [-0.4, -0.2) is 34.6 Å². The largest absolute Gasteiger partial charge is 0.461 e. The second-order valence-corrected chi connectivity index (χ2v) is 8.22. The van der Waals surface area contributed by atoms with Gasteiger partial charge in [-0.3, -0.25) is 4.79 Å². The first-order valence-electron chi connectivity index (χ1n) is 10.5. The van der Waals surface area contributed by atoms with E-state index in [4.69, 9.17) is 9.94 Å². The Morgan fingerprint density at radius 1 is 1.00 bits per heavy atom. The predicted molar refractivity (Wildman–Crippen MR) is 134 cm³/mol. The third kappa shape index (κ3) is 5.41. The highest BCUT2D eigenvalue weighted by molar-refractivity contribution is 8.18. The maximum absolute atomic E-state index is 12.4. The number of amides is 1. The van der Waals surface area contributed by atoms with Crippen molar-refractivity contribution >= 4 is 46.3 Å². The molecule has 1 saturated heterocycles. The molecule has 3 aromatic rings. The molecule has 1 amide bonds. The van der Waals surface area contributed by atoms with Crippen LogP contribution in [0.3, 0.4) is 0 Å². The van der Waals surface area contributed by atoms with Crippen molar-refractivity contribution in [2.24, 2.45) is 10.1 Å². The van der Waals surface area contributed by atoms with Gasteiger partial charge in [0.2, 0.25) is 0 Å². The van der Waals surface area contributed by atoms with Gasteiger partial charge in [-0.05, 0) is 53.6 Å². The highest BCUT2D eigenvalue weighted by Gasteiger charge is 2.24. The van der Waals surface area contributed by atoms with Gasteiger partial charge >= 0.3 is 5.97 Å². The molecule has 3 aromatic carbocycles. The van der Waals surface area contributed by atoms with Crippen LogP contribution in [0.1, 0.15) is 18.1 Å². The van der Waals surface area contributed by atoms with Gasteiger partial charge in [-0.25, -0.2) is 9.79 Å². The average Bonchev–Trinajstić information content (AvgIpc) is 3.20. The maximum Gasteiger partial charge on any atom is 0.361 e. The van der Waals surface area contributed by atoms with Gasteiger partial charge in [-0.1, -0.05) is 71.9 Å². The van der Waals surface area contributed by atoms with E-state index in [1.54, 1.807) is 31.2 Å². The molecule has 0 saturated carbocycles. The number of hydrogen-bond acceptors (Lipinski definition) is 7. The zero-order chi connectivity index (χ0) is 23.9. The number of oxime groups is 1. The van der Waals surface area contributed by atoms with Gasteiger partial charge in [-0.2, -0.15) is 0 Å². The van der Waals surface area contributed by atoms with Gasteiger partial charge in [0, 0.05) is 5.56 Å². The zero-order valence-electron chi connectivity index (χ0n) is 18.3. The number of hydrogen-bond donors (Lipinski definition) is 2. The number of ether oxygens (including phenoxy) is 1. The van der Waals surface area contributed by atoms with Crippen molar-refractivity contribution in [3.8, 4) is 11.1 Å². The van der Waals surface area contributed by atoms with Crippen LogP contribution in [0.25, 0.3) is 17.2 Å². The van der Waals surface area contributed by atoms with Crippen molar-refractivity contribution in [1.29, 1.82) is 0 Å². The van der Waals surface area contributed by atoms with Crippen LogP contribution in [0, 0.1) is 0 Å². The lowest BCUT2D eigenvalue weighted by Crippen LogP contribution is -2.19. The summed E-state index contributed by atoms with van der Waals surface area (Å²) in [5, 5.41) is 15.4. The average molecular weight is 472 g/mol. The van der Waals surface area contributed by atoms with Crippen LogP contribution < -0.4 is 5.32 Å². The Kier molecular flexibility index (Phi) is 7.19. The molecule has 0 radical (unpaired) electrons. The summed E-state index contributed by atoms with van der Waals surface area (Å²) in [7, 11) is 0. The van der Waals surface area contributed by atoms with Crippen LogP contribution >= 0.6 is 11.8 Å². The summed E-state index contributed by atoms with van der Waals surface area (Å²) >= 11 is 1.25. The molecule has 2 N–H and O–H groups in total. The minimum absolute atomic E-state index is 0.174. The lowest BCUT2D eigenvalue weighted by molar-refractivity contribution is -0.135. The summed E-state index contributed by atoms with van der Waals surface area (Å²) in [6.45, 7) is 1.84. The van der Waals surface area contributed by atoms with Gasteiger partial charge in [0.05, 0.1) is 17.2 Å². The van der Waals surface area contributed by atoms with E-state index in [1.165, 1.54) is 11.8 Å². The van der Waals surface area contributed by atoms with Crippen molar-refractivity contribution in [3.63, 3.8) is 0 Å². The van der Waals surface area contributed by atoms with Crippen LogP contribution in [0.2, 0.25) is 0 Å². The molecule has 34 heavy (non-hydrogen) atoms. The predicted octanol–water partition coefficient (Wildman–Crippen LogP) is 4.99. The smallest absolute Gasteiger partial charge is 0.361 e. The molecule has 0 spiro atoms. The normalized spacial score (nSPS) is 16.0. The van der Waals surface area contributed by atoms with E-state index in [0.717, 1.165) is 16.7 Å². The number of carbonyl (C=O) groups excluding carboxylic acids is 2. The Hall–Kier alpha value is -4.17. The topological polar surface area (TPSA) is 100 Å². The molecule has 8 heteroatoms. The van der Waals surface area contributed by atoms with Crippen molar-refractivity contribution in [3.05, 3.63) is 94.9 Å². The molecule has 0 atom stereocenters. The molecule has 1 heterocycles. The van der Waals surface area contributed by atoms with Gasteiger partial charge in [0.15, 0.2) is 10.9 Å². The quantitative estimate of drug-likeness (QED) is 0.174. The van der Waals surface area contributed by atoms with Crippen LogP contribution in [0.4, 0.5) is 5.69 Å². The molecular formula is C26H21N3O4S. The fraction of sp³-hybridized carbons (Fsp3) is 0.0769. The molecule has 170 valence electrons. The van der Waals surface area contributed by atoms with Crippen molar-refractivity contribution < 1.29 is 19.5 Å². The SMILES string of the molecule is CCOC(=O)/C(=N\O)c1ccc(N=C2NC(=O)/C(=C\c3ccc(-c4ccccc4)cc3)S2)cc1. The number of carbonyl (C=O) groups is 2. The minimum Gasteiger partial charge on any atom is -0.461 e. The van der Waals surface area contributed by atoms with Crippen molar-refractivity contribution in [2.45, 2.75) is 6.92 Å².